The van der Waals surface area contributed by atoms with Crippen molar-refractivity contribution >= 4 is 46.7 Å². The van der Waals surface area contributed by atoms with Crippen LogP contribution >= 0.6 is 22.7 Å². The second-order valence-electron chi connectivity index (χ2n) is 18.6. The number of carbonyl (C=O) groups excluding carboxylic acids is 4. The zero-order chi connectivity index (χ0) is 46.6. The molecule has 342 valence electrons. The van der Waals surface area contributed by atoms with E-state index in [4.69, 9.17) is 19.4 Å². The molecular formula is C52H56N6O6S2. The van der Waals surface area contributed by atoms with Gasteiger partial charge in [0.2, 0.25) is 0 Å². The molecule has 14 heteroatoms. The third-order valence-electron chi connectivity index (χ3n) is 11.4. The quantitative estimate of drug-likeness (QED) is 0.131. The second kappa shape index (κ2) is 19.6. The van der Waals surface area contributed by atoms with Gasteiger partial charge < -0.3 is 29.9 Å². The molecule has 0 bridgehead atoms. The molecule has 8 rings (SSSR count). The number of nitrogens with zero attached hydrogens (tertiary/aromatic N) is 4. The summed E-state index contributed by atoms with van der Waals surface area (Å²) >= 11 is 3.17. The summed E-state index contributed by atoms with van der Waals surface area (Å²) in [5.74, 6) is -0.374. The zero-order valence-corrected chi connectivity index (χ0v) is 39.8. The Balaban J connectivity index is 0.922. The average molecular weight is 925 g/mol. The van der Waals surface area contributed by atoms with Gasteiger partial charge in [-0.05, 0) is 101 Å². The molecule has 2 aliphatic rings. The minimum absolute atomic E-state index is 0.187. The number of ether oxygens (including phenoxy) is 2. The van der Waals surface area contributed by atoms with Gasteiger partial charge in [0.15, 0.2) is 0 Å². The van der Waals surface area contributed by atoms with E-state index in [9.17, 15) is 19.2 Å². The number of aromatic nitrogens is 2. The molecule has 0 aliphatic carbocycles. The summed E-state index contributed by atoms with van der Waals surface area (Å²) in [7, 11) is 0. The second-order valence-corrected chi connectivity index (χ2v) is 20.8. The van der Waals surface area contributed by atoms with E-state index in [1.165, 1.54) is 0 Å². The van der Waals surface area contributed by atoms with Crippen LogP contribution in [0.4, 0.5) is 9.59 Å². The largest absolute Gasteiger partial charge is 0.444 e. The molecule has 12 nitrogen and oxygen atoms in total. The van der Waals surface area contributed by atoms with Gasteiger partial charge in [0.05, 0.1) is 21.8 Å². The van der Waals surface area contributed by atoms with Crippen LogP contribution in [0, 0.1) is 0 Å². The number of carbonyl (C=O) groups is 4. The highest BCUT2D eigenvalue weighted by Crippen LogP contribution is 2.41. The summed E-state index contributed by atoms with van der Waals surface area (Å²) in [6.45, 7) is 11.9. The van der Waals surface area contributed by atoms with E-state index in [-0.39, 0.29) is 23.9 Å². The van der Waals surface area contributed by atoms with Gasteiger partial charge in [-0.3, -0.25) is 9.59 Å². The highest BCUT2D eigenvalue weighted by molar-refractivity contribution is 7.15. The van der Waals surface area contributed by atoms with Crippen molar-refractivity contribution in [3.8, 4) is 32.0 Å². The monoisotopic (exact) mass is 924 g/mol. The highest BCUT2D eigenvalue weighted by atomic mass is 32.1. The van der Waals surface area contributed by atoms with Crippen molar-refractivity contribution in [1.82, 2.24) is 30.4 Å². The molecule has 2 aromatic heterocycles. The Morgan fingerprint density at radius 2 is 0.894 bits per heavy atom. The van der Waals surface area contributed by atoms with Crippen molar-refractivity contribution in [2.24, 2.45) is 0 Å². The fourth-order valence-corrected chi connectivity index (χ4v) is 10.6. The molecule has 4 heterocycles. The van der Waals surface area contributed by atoms with Gasteiger partial charge in [-0.2, -0.15) is 0 Å². The van der Waals surface area contributed by atoms with E-state index < -0.39 is 35.5 Å². The lowest BCUT2D eigenvalue weighted by Crippen LogP contribution is -2.44. The van der Waals surface area contributed by atoms with Gasteiger partial charge in [0.25, 0.3) is 11.8 Å². The minimum Gasteiger partial charge on any atom is -0.444 e. The van der Waals surface area contributed by atoms with Gasteiger partial charge in [0, 0.05) is 25.5 Å². The molecule has 6 aromatic rings. The molecule has 66 heavy (non-hydrogen) atoms. The molecule has 2 fully saturated rings. The molecule has 0 spiro atoms. The van der Waals surface area contributed by atoms with Crippen molar-refractivity contribution in [2.45, 2.75) is 103 Å². The van der Waals surface area contributed by atoms with Crippen LogP contribution in [0.3, 0.4) is 0 Å². The Bertz CT molecular complexity index is 2450. The molecule has 4 amide bonds. The number of benzene rings is 4. The number of hydrogen-bond acceptors (Lipinski definition) is 10. The van der Waals surface area contributed by atoms with E-state index in [0.717, 1.165) is 67.7 Å². The molecular weight excluding hydrogens is 869 g/mol. The van der Waals surface area contributed by atoms with Gasteiger partial charge in [-0.1, -0.05) is 109 Å². The molecule has 0 radical (unpaired) electrons. The number of amides is 4. The van der Waals surface area contributed by atoms with Gasteiger partial charge >= 0.3 is 12.2 Å². The molecule has 2 N–H and O–H groups in total. The number of likely N-dealkylation sites (tertiary alicyclic amines) is 2. The molecule has 2 saturated heterocycles. The lowest BCUT2D eigenvalue weighted by atomic mass is 10.0. The first-order valence-corrected chi connectivity index (χ1v) is 24.1. The van der Waals surface area contributed by atoms with Crippen LogP contribution in [0.5, 0.6) is 0 Å². The summed E-state index contributed by atoms with van der Waals surface area (Å²) in [5, 5.41) is 7.40. The summed E-state index contributed by atoms with van der Waals surface area (Å²) < 4.78 is 11.1. The normalized spacial score (nSPS) is 17.2. The zero-order valence-electron chi connectivity index (χ0n) is 38.2. The third-order valence-corrected chi connectivity index (χ3v) is 13.7. The Hall–Kier alpha value is -6.38. The fraction of sp³-hybridized carbons (Fsp3) is 0.346. The number of thiazole rings is 2. The van der Waals surface area contributed by atoms with Crippen LogP contribution in [0.15, 0.2) is 122 Å². The van der Waals surface area contributed by atoms with Crippen molar-refractivity contribution in [1.29, 1.82) is 0 Å². The molecule has 4 atom stereocenters. The van der Waals surface area contributed by atoms with Gasteiger partial charge in [-0.25, -0.2) is 19.6 Å². The maximum Gasteiger partial charge on any atom is 0.408 e. The first kappa shape index (κ1) is 46.2. The van der Waals surface area contributed by atoms with Gasteiger partial charge in [0.1, 0.15) is 33.3 Å². The number of hydrogen-bond donors (Lipinski definition) is 2. The van der Waals surface area contributed by atoms with E-state index in [2.05, 4.69) is 59.2 Å². The maximum atomic E-state index is 14.2. The predicted molar refractivity (Wildman–Crippen MR) is 259 cm³/mol. The van der Waals surface area contributed by atoms with Crippen molar-refractivity contribution in [3.05, 3.63) is 143 Å². The van der Waals surface area contributed by atoms with E-state index in [0.29, 0.717) is 24.2 Å². The Morgan fingerprint density at radius 1 is 0.545 bits per heavy atom. The van der Waals surface area contributed by atoms with Crippen LogP contribution < -0.4 is 10.6 Å². The number of nitrogens with one attached hydrogen (secondary N) is 2. The van der Waals surface area contributed by atoms with Crippen LogP contribution in [0.25, 0.3) is 32.0 Å². The Kier molecular flexibility index (Phi) is 13.7. The van der Waals surface area contributed by atoms with Crippen LogP contribution in [-0.2, 0) is 19.1 Å². The van der Waals surface area contributed by atoms with Crippen molar-refractivity contribution in [3.63, 3.8) is 0 Å². The number of rotatable bonds is 11. The predicted octanol–water partition coefficient (Wildman–Crippen LogP) is 11.5. The Morgan fingerprint density at radius 3 is 1.24 bits per heavy atom. The SMILES string of the molecule is CC(C)(C)OC(=O)N[C@@H](C(=O)N1CCC[C@H]1c1ncc(-c2ccc(-c3ccc(-c4cnc([C@@H]5CCCN5C(=O)[C@H](NC(=O)OC(C)(C)C)c5ccccc5)s4)cc3)cc2)s1)c1ccccc1. The smallest absolute Gasteiger partial charge is 0.408 e. The first-order chi connectivity index (χ1) is 31.6. The molecule has 2 aliphatic heterocycles. The van der Waals surface area contributed by atoms with Crippen LogP contribution in [0.2, 0.25) is 0 Å². The summed E-state index contributed by atoms with van der Waals surface area (Å²) in [4.78, 5) is 69.5. The van der Waals surface area contributed by atoms with Crippen molar-refractivity contribution < 1.29 is 28.7 Å². The fourth-order valence-electron chi connectivity index (χ4n) is 8.43. The third kappa shape index (κ3) is 11.0. The maximum absolute atomic E-state index is 14.2. The summed E-state index contributed by atoms with van der Waals surface area (Å²) in [5.41, 5.74) is 4.20. The van der Waals surface area contributed by atoms with E-state index in [1.54, 1.807) is 64.2 Å². The van der Waals surface area contributed by atoms with E-state index >= 15 is 0 Å². The van der Waals surface area contributed by atoms with Gasteiger partial charge in [-0.15, -0.1) is 22.7 Å². The van der Waals surface area contributed by atoms with Crippen molar-refractivity contribution in [2.75, 3.05) is 13.1 Å². The first-order valence-electron chi connectivity index (χ1n) is 22.4. The molecule has 4 aromatic carbocycles. The average Bonchev–Trinajstić information content (AvgIpc) is 4.14. The highest BCUT2D eigenvalue weighted by Gasteiger charge is 2.39. The lowest BCUT2D eigenvalue weighted by molar-refractivity contribution is -0.135. The molecule has 0 saturated carbocycles. The van der Waals surface area contributed by atoms with Crippen LogP contribution in [0.1, 0.15) is 113 Å². The topological polar surface area (TPSA) is 143 Å². The summed E-state index contributed by atoms with van der Waals surface area (Å²) in [6, 6.07) is 33.2. The Labute approximate surface area is 394 Å². The van der Waals surface area contributed by atoms with Crippen LogP contribution in [-0.4, -0.2) is 68.1 Å². The minimum atomic E-state index is -0.890. The van der Waals surface area contributed by atoms with E-state index in [1.807, 2.05) is 82.9 Å². The molecule has 0 unspecified atom stereocenters. The standard InChI is InChI=1S/C52H56N6O6S2/c1-51(2,3)63-49(61)55-43(37-15-9-7-10-16-37)47(59)57-29-13-19-39(57)45-53-31-41(65-45)35-25-21-33(22-26-35)34-23-27-36(28-24-34)42-32-54-46(66-42)40-20-14-30-58(40)48(60)44(38-17-11-8-12-18-38)56-50(62)64-52(4,5)6/h7-12,15-18,21-28,31-32,39-40,43-44H,13-14,19-20,29-30H2,1-6H3,(H,55,61)(H,56,62)/t39-,40-,43+,44+/m0/s1. The lowest BCUT2D eigenvalue weighted by Gasteiger charge is -2.29. The summed E-state index contributed by atoms with van der Waals surface area (Å²) in [6.07, 6.45) is 5.72. The number of alkyl carbamates (subject to hydrolysis) is 2.